The maximum absolute atomic E-state index is 14.3. The third kappa shape index (κ3) is 10.2. The van der Waals surface area contributed by atoms with Crippen LogP contribution in [0.5, 0.6) is 0 Å². The number of esters is 1. The summed E-state index contributed by atoms with van der Waals surface area (Å²) in [5.41, 5.74) is 4.28. The van der Waals surface area contributed by atoms with E-state index < -0.39 is 110 Å². The predicted octanol–water partition coefficient (Wildman–Crippen LogP) is 4.50. The zero-order valence-electron chi connectivity index (χ0n) is 35.5. The molecule has 0 radical (unpaired) electrons. The largest absolute Gasteiger partial charge is 0.456 e. The minimum Gasteiger partial charge on any atom is -0.456 e. The number of anilines is 1. The van der Waals surface area contributed by atoms with Crippen LogP contribution >= 0.6 is 0 Å². The normalized spacial score (nSPS) is 26.1. The van der Waals surface area contributed by atoms with E-state index in [0.29, 0.717) is 6.42 Å². The summed E-state index contributed by atoms with van der Waals surface area (Å²) in [5.74, 6) is -6.42. The molecule has 0 spiro atoms. The number of nitrogens with one attached hydrogen (secondary N) is 1. The van der Waals surface area contributed by atoms with Crippen molar-refractivity contribution in [1.82, 2.24) is 9.13 Å². The molecule has 3 aliphatic rings. The second kappa shape index (κ2) is 18.3. The fourth-order valence-corrected chi connectivity index (χ4v) is 8.17. The maximum atomic E-state index is 14.3. The molecule has 9 atom stereocenters. The lowest BCUT2D eigenvalue weighted by atomic mass is 10.0. The van der Waals surface area contributed by atoms with Gasteiger partial charge in [-0.2, -0.15) is 0 Å². The zero-order valence-corrected chi connectivity index (χ0v) is 36.5. The molecule has 5 rings (SSSR count). The van der Waals surface area contributed by atoms with E-state index in [0.717, 1.165) is 46.2 Å². The van der Waals surface area contributed by atoms with E-state index >= 15 is 0 Å². The van der Waals surface area contributed by atoms with Crippen LogP contribution in [0.1, 0.15) is 86.6 Å². The number of carbonyl (C=O) groups excluding carboxylic acids is 3. The number of rotatable bonds is 16. The van der Waals surface area contributed by atoms with Crippen molar-refractivity contribution in [3.8, 4) is 0 Å². The van der Waals surface area contributed by atoms with Crippen LogP contribution in [-0.4, -0.2) is 91.0 Å². The maximum Gasteiger partial charge on any atom is 0.336 e. The minimum atomic E-state index is -2.76. The third-order valence-corrected chi connectivity index (χ3v) is 15.4. The highest BCUT2D eigenvalue weighted by molar-refractivity contribution is 6.74. The van der Waals surface area contributed by atoms with Gasteiger partial charge in [-0.1, -0.05) is 40.5 Å². The Balaban J connectivity index is 1.51. The SMILES string of the molecule is CCCCCC(=O)OC(C)n1c(=O)ccn([C@@H]2O[C@H]([C@@H](O[C@H]3OC(C(=O)Nc4ccc(F)c(F)c4)=C[C@@H]4OC(C)(C)O[C@H]34)C(N)=O)[C@@H](OC)[C@H]2O[Si](C)(C)C(C)(C)C)c1=O. The Morgan fingerprint density at radius 2 is 1.75 bits per heavy atom. The summed E-state index contributed by atoms with van der Waals surface area (Å²) in [6.45, 7) is 16.5. The number of fused-ring (bicyclic) bond motifs is 1. The number of carbonyl (C=O) groups is 3. The summed E-state index contributed by atoms with van der Waals surface area (Å²) in [6.07, 6.45) is -6.82. The van der Waals surface area contributed by atoms with Gasteiger partial charge in [0.2, 0.25) is 12.2 Å². The smallest absolute Gasteiger partial charge is 0.336 e. The molecule has 4 heterocycles. The Hall–Kier alpha value is -4.31. The summed E-state index contributed by atoms with van der Waals surface area (Å²) < 4.78 is 78.6. The number of amides is 2. The predicted molar refractivity (Wildman–Crippen MR) is 213 cm³/mol. The van der Waals surface area contributed by atoms with E-state index in [9.17, 15) is 32.8 Å². The first kappa shape index (κ1) is 46.7. The molecular formula is C40H56F2N4O13Si. The summed E-state index contributed by atoms with van der Waals surface area (Å²) in [5, 5.41) is 2.05. The molecule has 60 heavy (non-hydrogen) atoms. The van der Waals surface area contributed by atoms with E-state index in [2.05, 4.69) is 5.32 Å². The number of unbranched alkanes of at least 4 members (excludes halogenated alkanes) is 2. The number of ether oxygens (including phenoxy) is 7. The highest BCUT2D eigenvalue weighted by Gasteiger charge is 2.57. The van der Waals surface area contributed by atoms with Crippen molar-refractivity contribution in [3.63, 3.8) is 0 Å². The van der Waals surface area contributed by atoms with Crippen molar-refractivity contribution in [2.45, 2.75) is 153 Å². The lowest BCUT2D eigenvalue weighted by Gasteiger charge is -2.40. The Bertz CT molecular complexity index is 2070. The van der Waals surface area contributed by atoms with Crippen molar-refractivity contribution < 1.29 is 60.7 Å². The summed E-state index contributed by atoms with van der Waals surface area (Å²) >= 11 is 0. The van der Waals surface area contributed by atoms with Gasteiger partial charge in [-0.15, -0.1) is 0 Å². The lowest BCUT2D eigenvalue weighted by Crippen LogP contribution is -2.55. The molecule has 1 unspecified atom stereocenters. The third-order valence-electron chi connectivity index (χ3n) is 11.0. The number of methoxy groups -OCH3 is 1. The minimum absolute atomic E-state index is 0.0795. The van der Waals surface area contributed by atoms with Crippen LogP contribution in [-0.2, 0) is 52.0 Å². The molecule has 1 aromatic heterocycles. The Labute approximate surface area is 347 Å². The molecule has 0 saturated carbocycles. The monoisotopic (exact) mass is 866 g/mol. The first-order chi connectivity index (χ1) is 28.0. The van der Waals surface area contributed by atoms with Gasteiger partial charge in [0.05, 0.1) is 0 Å². The topological polar surface area (TPSA) is 207 Å². The molecule has 17 nitrogen and oxygen atoms in total. The lowest BCUT2D eigenvalue weighted by molar-refractivity contribution is -0.241. The summed E-state index contributed by atoms with van der Waals surface area (Å²) in [7, 11) is -1.41. The second-order valence-electron chi connectivity index (χ2n) is 16.9. The van der Waals surface area contributed by atoms with Gasteiger partial charge in [-0.25, -0.2) is 18.1 Å². The van der Waals surface area contributed by atoms with E-state index in [1.165, 1.54) is 26.3 Å². The van der Waals surface area contributed by atoms with Gasteiger partial charge in [0.1, 0.15) is 24.4 Å². The van der Waals surface area contributed by atoms with Crippen LogP contribution in [0.15, 0.2) is 51.9 Å². The van der Waals surface area contributed by atoms with Crippen LogP contribution in [0, 0.1) is 11.6 Å². The fraction of sp³-hybridized carbons (Fsp3) is 0.625. The number of hydrogen-bond donors (Lipinski definition) is 2. The van der Waals surface area contributed by atoms with E-state index in [1.54, 1.807) is 13.8 Å². The Morgan fingerprint density at radius 3 is 2.37 bits per heavy atom. The van der Waals surface area contributed by atoms with Crippen molar-refractivity contribution in [2.75, 3.05) is 12.4 Å². The van der Waals surface area contributed by atoms with Crippen LogP contribution in [0.25, 0.3) is 0 Å². The van der Waals surface area contributed by atoms with Crippen molar-refractivity contribution in [1.29, 1.82) is 0 Å². The quantitative estimate of drug-likeness (QED) is 0.136. The number of halogens is 2. The van der Waals surface area contributed by atoms with Gasteiger partial charge < -0.3 is 48.6 Å². The average Bonchev–Trinajstić information content (AvgIpc) is 3.66. The number of hydrogen-bond acceptors (Lipinski definition) is 13. The second-order valence-corrected chi connectivity index (χ2v) is 21.7. The molecule has 0 bridgehead atoms. The average molecular weight is 867 g/mol. The molecule has 3 N–H and O–H groups in total. The van der Waals surface area contributed by atoms with E-state index in [1.807, 2.05) is 40.8 Å². The van der Waals surface area contributed by atoms with Gasteiger partial charge in [-0.3, -0.25) is 23.7 Å². The Kier molecular flexibility index (Phi) is 14.3. The first-order valence-corrected chi connectivity index (χ1v) is 22.7. The van der Waals surface area contributed by atoms with Crippen LogP contribution < -0.4 is 22.3 Å². The number of primary amides is 1. The molecule has 332 valence electrons. The molecule has 2 saturated heterocycles. The standard InChI is InChI=1S/C40H56F2N4O13Si/c1-11-12-13-14-28(48)53-21(2)46-27(47)17-18-45(38(46)51)36-33(59-60(9,10)39(3,4)5)30(52-8)31(55-36)32(34(43)49)56-37-29-25(57-40(6,7)58-29)20-26(54-37)35(50)44-22-15-16-23(41)24(42)19-22/h15-21,25,29-33,36-37H,11-14H2,1-10H3,(H2,43,49)(H,44,50)/t21?,25-,29-,30+,31-,32+,33+,36+,37+/m0/s1. The molecule has 1 aromatic carbocycles. The summed E-state index contributed by atoms with van der Waals surface area (Å²) in [4.78, 5) is 67.0. The number of nitrogens with zero attached hydrogens (tertiary/aromatic N) is 2. The van der Waals surface area contributed by atoms with Gasteiger partial charge in [0.25, 0.3) is 11.5 Å². The van der Waals surface area contributed by atoms with Crippen LogP contribution in [0.2, 0.25) is 18.1 Å². The molecular weight excluding hydrogens is 811 g/mol. The van der Waals surface area contributed by atoms with Crippen molar-refractivity contribution >= 4 is 31.8 Å². The van der Waals surface area contributed by atoms with Crippen LogP contribution in [0.3, 0.4) is 0 Å². The van der Waals surface area contributed by atoms with Gasteiger partial charge in [0.15, 0.2) is 56.2 Å². The van der Waals surface area contributed by atoms with Gasteiger partial charge >= 0.3 is 11.7 Å². The first-order valence-electron chi connectivity index (χ1n) is 19.8. The molecule has 2 amide bonds. The van der Waals surface area contributed by atoms with Crippen molar-refractivity contribution in [3.05, 3.63) is 74.8 Å². The number of aromatic nitrogens is 2. The fourth-order valence-electron chi connectivity index (χ4n) is 6.89. The molecule has 3 aliphatic heterocycles. The van der Waals surface area contributed by atoms with Gasteiger partial charge in [0, 0.05) is 37.5 Å². The Morgan fingerprint density at radius 1 is 1.05 bits per heavy atom. The number of benzene rings is 1. The summed E-state index contributed by atoms with van der Waals surface area (Å²) in [6, 6.07) is 3.89. The van der Waals surface area contributed by atoms with Crippen LogP contribution in [0.4, 0.5) is 14.5 Å². The highest BCUT2D eigenvalue weighted by Crippen LogP contribution is 2.44. The number of nitrogens with two attached hydrogens (primary N) is 1. The van der Waals surface area contributed by atoms with E-state index in [4.69, 9.17) is 43.3 Å². The van der Waals surface area contributed by atoms with Crippen molar-refractivity contribution in [2.24, 2.45) is 5.73 Å². The molecule has 2 aromatic rings. The molecule has 2 fully saturated rings. The highest BCUT2D eigenvalue weighted by atomic mass is 28.4. The zero-order chi connectivity index (χ0) is 44.5. The molecule has 0 aliphatic carbocycles. The molecule has 20 heteroatoms. The van der Waals surface area contributed by atoms with E-state index in [-0.39, 0.29) is 22.9 Å². The van der Waals surface area contributed by atoms with Gasteiger partial charge in [-0.05, 0) is 63.5 Å².